The molecule has 0 saturated carbocycles. The second-order valence-corrected chi connectivity index (χ2v) is 8.98. The zero-order valence-electron chi connectivity index (χ0n) is 19.5. The van der Waals surface area contributed by atoms with E-state index in [1.54, 1.807) is 0 Å². The van der Waals surface area contributed by atoms with E-state index in [0.717, 1.165) is 12.8 Å². The van der Waals surface area contributed by atoms with Crippen LogP contribution in [0.5, 0.6) is 0 Å². The summed E-state index contributed by atoms with van der Waals surface area (Å²) in [6, 6.07) is 0. The van der Waals surface area contributed by atoms with Crippen molar-refractivity contribution in [2.75, 3.05) is 20.6 Å². The Kier molecular flexibility index (Phi) is 18.0. The molecule has 0 spiro atoms. The number of carbonyl (C=O) groups excluding carboxylic acids is 1. The van der Waals surface area contributed by atoms with Crippen LogP contribution in [-0.4, -0.2) is 42.5 Å². The van der Waals surface area contributed by atoms with Crippen molar-refractivity contribution in [1.29, 1.82) is 0 Å². The maximum absolute atomic E-state index is 11.9. The van der Waals surface area contributed by atoms with Crippen molar-refractivity contribution >= 4 is 5.97 Å². The number of hydroxylamine groups is 3. The normalized spacial score (nSPS) is 12.9. The van der Waals surface area contributed by atoms with E-state index in [1.807, 2.05) is 21.0 Å². The van der Waals surface area contributed by atoms with Crippen LogP contribution in [0.3, 0.4) is 0 Å². The third kappa shape index (κ3) is 18.7. The highest BCUT2D eigenvalue weighted by atomic mass is 16.7. The maximum Gasteiger partial charge on any atom is 0.366 e. The Balaban J connectivity index is 3.38. The molecule has 168 valence electrons. The predicted molar refractivity (Wildman–Crippen MR) is 119 cm³/mol. The van der Waals surface area contributed by atoms with Gasteiger partial charge in [-0.05, 0) is 12.8 Å². The molecule has 0 saturated heterocycles. The molecule has 0 aromatic carbocycles. The Morgan fingerprint density at radius 3 is 1.54 bits per heavy atom. The number of unbranched alkanes of at least 4 members (excludes halogenated alkanes) is 14. The van der Waals surface area contributed by atoms with Gasteiger partial charge >= 0.3 is 5.97 Å². The van der Waals surface area contributed by atoms with Crippen molar-refractivity contribution in [2.45, 2.75) is 129 Å². The summed E-state index contributed by atoms with van der Waals surface area (Å²) < 4.78 is 0.104. The van der Waals surface area contributed by atoms with Gasteiger partial charge in [0.25, 0.3) is 0 Å². The van der Waals surface area contributed by atoms with Crippen LogP contribution >= 0.6 is 0 Å². The Labute approximate surface area is 175 Å². The van der Waals surface area contributed by atoms with Crippen LogP contribution in [0.4, 0.5) is 0 Å². The van der Waals surface area contributed by atoms with E-state index < -0.39 is 6.10 Å². The third-order valence-corrected chi connectivity index (χ3v) is 5.46. The van der Waals surface area contributed by atoms with Crippen LogP contribution in [0.15, 0.2) is 0 Å². The summed E-state index contributed by atoms with van der Waals surface area (Å²) >= 11 is 0. The fraction of sp³-hybridized carbons (Fsp3) is 0.958. The summed E-state index contributed by atoms with van der Waals surface area (Å²) in [5, 5.41) is 9.72. The highest BCUT2D eigenvalue weighted by Crippen LogP contribution is 2.14. The SMILES string of the molecule is CCCCCCCCCCCCCCCCCC(=O)O[N+](C)(C)CC(O)CC. The minimum atomic E-state index is -0.423. The molecule has 0 aliphatic rings. The van der Waals surface area contributed by atoms with E-state index in [0.29, 0.717) is 19.4 Å². The smallest absolute Gasteiger partial charge is 0.366 e. The van der Waals surface area contributed by atoms with Crippen LogP contribution in [-0.2, 0) is 9.63 Å². The predicted octanol–water partition coefficient (Wildman–Crippen LogP) is 6.55. The Morgan fingerprint density at radius 2 is 1.14 bits per heavy atom. The first-order valence-electron chi connectivity index (χ1n) is 12.1. The molecule has 0 aliphatic carbocycles. The van der Waals surface area contributed by atoms with Crippen molar-refractivity contribution in [3.8, 4) is 0 Å². The Bertz CT molecular complexity index is 358. The molecule has 28 heavy (non-hydrogen) atoms. The first kappa shape index (κ1) is 27.4. The minimum absolute atomic E-state index is 0.104. The number of rotatable bonds is 20. The van der Waals surface area contributed by atoms with Gasteiger partial charge in [0, 0.05) is 0 Å². The van der Waals surface area contributed by atoms with Gasteiger partial charge in [-0.3, -0.25) is 4.84 Å². The van der Waals surface area contributed by atoms with Gasteiger partial charge in [-0.15, -0.1) is 4.65 Å². The van der Waals surface area contributed by atoms with Gasteiger partial charge in [0.1, 0.15) is 26.7 Å². The molecule has 1 N–H and O–H groups in total. The molecule has 4 nitrogen and oxygen atoms in total. The number of hydrogen-bond donors (Lipinski definition) is 1. The molecular weight excluding hydrogens is 350 g/mol. The molecule has 0 aromatic rings. The molecule has 1 unspecified atom stereocenters. The van der Waals surface area contributed by atoms with Crippen LogP contribution in [0.25, 0.3) is 0 Å². The number of nitrogens with zero attached hydrogens (tertiary/aromatic N) is 1. The van der Waals surface area contributed by atoms with Crippen molar-refractivity contribution < 1.29 is 19.4 Å². The minimum Gasteiger partial charge on any atom is -0.387 e. The Hall–Kier alpha value is -0.610. The van der Waals surface area contributed by atoms with Crippen LogP contribution in [0.1, 0.15) is 123 Å². The number of quaternary nitrogens is 1. The lowest BCUT2D eigenvalue weighted by molar-refractivity contribution is -1.06. The molecule has 1 atom stereocenters. The second-order valence-electron chi connectivity index (χ2n) is 8.98. The highest BCUT2D eigenvalue weighted by molar-refractivity contribution is 5.68. The number of hydrogen-bond acceptors (Lipinski definition) is 3. The number of likely N-dealkylation sites (N-methyl/N-ethyl adjacent to an activating group) is 1. The quantitative estimate of drug-likeness (QED) is 0.143. The van der Waals surface area contributed by atoms with Gasteiger partial charge < -0.3 is 5.11 Å². The first-order valence-corrected chi connectivity index (χ1v) is 12.1. The summed E-state index contributed by atoms with van der Waals surface area (Å²) in [4.78, 5) is 17.4. The average Bonchev–Trinajstić information content (AvgIpc) is 2.63. The van der Waals surface area contributed by atoms with E-state index in [9.17, 15) is 9.90 Å². The number of aliphatic hydroxyl groups excluding tert-OH is 1. The standard InChI is InChI=1S/C24H50NO3/c1-5-7-8-9-10-11-12-13-14-15-16-17-18-19-20-21-24(27)28-25(3,4)22-23(26)6-2/h23,26H,5-22H2,1-4H3/q+1. The van der Waals surface area contributed by atoms with Crippen molar-refractivity contribution in [2.24, 2.45) is 0 Å². The van der Waals surface area contributed by atoms with Crippen molar-refractivity contribution in [3.63, 3.8) is 0 Å². The third-order valence-electron chi connectivity index (χ3n) is 5.46. The van der Waals surface area contributed by atoms with Gasteiger partial charge in [0.15, 0.2) is 0 Å². The summed E-state index contributed by atoms with van der Waals surface area (Å²) in [7, 11) is 3.65. The fourth-order valence-corrected chi connectivity index (χ4v) is 3.64. The Morgan fingerprint density at radius 1 is 0.750 bits per heavy atom. The zero-order chi connectivity index (χ0) is 21.1. The topological polar surface area (TPSA) is 46.5 Å². The molecular formula is C24H50NO3+. The van der Waals surface area contributed by atoms with E-state index >= 15 is 0 Å². The van der Waals surface area contributed by atoms with Crippen molar-refractivity contribution in [1.82, 2.24) is 0 Å². The summed E-state index contributed by atoms with van der Waals surface area (Å²) in [6.07, 6.45) is 20.6. The molecule has 0 aromatic heterocycles. The van der Waals surface area contributed by atoms with E-state index in [2.05, 4.69) is 6.92 Å². The largest absolute Gasteiger partial charge is 0.387 e. The lowest BCUT2D eigenvalue weighted by Gasteiger charge is -2.27. The van der Waals surface area contributed by atoms with Gasteiger partial charge in [0.05, 0.1) is 6.42 Å². The van der Waals surface area contributed by atoms with E-state index in [4.69, 9.17) is 4.84 Å². The average molecular weight is 401 g/mol. The lowest BCUT2D eigenvalue weighted by Crippen LogP contribution is -2.46. The lowest BCUT2D eigenvalue weighted by atomic mass is 10.0. The molecule has 0 rings (SSSR count). The molecule has 0 fully saturated rings. The molecule has 0 aliphatic heterocycles. The summed E-state index contributed by atoms with van der Waals surface area (Å²) in [5.74, 6) is -0.150. The van der Waals surface area contributed by atoms with Crippen LogP contribution in [0, 0.1) is 0 Å². The van der Waals surface area contributed by atoms with E-state index in [1.165, 1.54) is 83.5 Å². The summed E-state index contributed by atoms with van der Waals surface area (Å²) in [5.41, 5.74) is 0. The number of carbonyl (C=O) groups is 1. The van der Waals surface area contributed by atoms with Gasteiger partial charge in [-0.2, -0.15) is 0 Å². The highest BCUT2D eigenvalue weighted by Gasteiger charge is 2.25. The first-order chi connectivity index (χ1) is 13.4. The molecule has 4 heteroatoms. The monoisotopic (exact) mass is 400 g/mol. The molecule has 0 heterocycles. The van der Waals surface area contributed by atoms with Gasteiger partial charge in [0.2, 0.25) is 0 Å². The van der Waals surface area contributed by atoms with Crippen LogP contribution < -0.4 is 0 Å². The summed E-state index contributed by atoms with van der Waals surface area (Å²) in [6.45, 7) is 4.65. The van der Waals surface area contributed by atoms with Gasteiger partial charge in [-0.1, -0.05) is 104 Å². The van der Waals surface area contributed by atoms with Crippen molar-refractivity contribution in [3.05, 3.63) is 0 Å². The zero-order valence-corrected chi connectivity index (χ0v) is 19.5. The number of aliphatic hydroxyl groups is 1. The molecule has 0 amide bonds. The maximum atomic E-state index is 11.9. The fourth-order valence-electron chi connectivity index (χ4n) is 3.64. The molecule has 0 bridgehead atoms. The second kappa shape index (κ2) is 18.4. The van der Waals surface area contributed by atoms with Crippen LogP contribution in [0.2, 0.25) is 0 Å². The molecule has 0 radical (unpaired) electrons. The van der Waals surface area contributed by atoms with Gasteiger partial charge in [-0.25, -0.2) is 4.79 Å². The van der Waals surface area contributed by atoms with E-state index in [-0.39, 0.29) is 10.6 Å².